The lowest BCUT2D eigenvalue weighted by Crippen LogP contribution is -2.55. The Kier molecular flexibility index (Phi) is 5.67. The van der Waals surface area contributed by atoms with Crippen molar-refractivity contribution in [2.24, 2.45) is 0 Å². The number of carbonyl (C=O) groups is 2. The van der Waals surface area contributed by atoms with Crippen molar-refractivity contribution in [3.63, 3.8) is 0 Å². The molecule has 1 aromatic carbocycles. The zero-order valence-electron chi connectivity index (χ0n) is 14.9. The molecular formula is C18H26N4O3. The summed E-state index contributed by atoms with van der Waals surface area (Å²) in [5.41, 5.74) is 1.48. The minimum Gasteiger partial charge on any atom is -0.383 e. The first-order valence-corrected chi connectivity index (χ1v) is 8.73. The van der Waals surface area contributed by atoms with E-state index in [9.17, 15) is 9.59 Å². The first kappa shape index (κ1) is 17.8. The molecule has 0 radical (unpaired) electrons. The third-order valence-electron chi connectivity index (χ3n) is 4.86. The first-order chi connectivity index (χ1) is 12.1. The fraction of sp³-hybridized carbons (Fsp3) is 0.556. The Morgan fingerprint density at radius 1 is 1.32 bits per heavy atom. The number of amides is 2. The third kappa shape index (κ3) is 4.18. The average Bonchev–Trinajstić information content (AvgIpc) is 2.60. The monoisotopic (exact) mass is 346 g/mol. The van der Waals surface area contributed by atoms with Crippen molar-refractivity contribution in [3.8, 4) is 0 Å². The maximum atomic E-state index is 12.8. The summed E-state index contributed by atoms with van der Waals surface area (Å²) < 4.78 is 5.15. The van der Waals surface area contributed by atoms with Crippen molar-refractivity contribution in [1.29, 1.82) is 0 Å². The number of nitrogens with zero attached hydrogens (tertiary/aromatic N) is 3. The molecule has 2 amide bonds. The molecule has 3 rings (SSSR count). The van der Waals surface area contributed by atoms with Crippen LogP contribution in [0.5, 0.6) is 0 Å². The summed E-state index contributed by atoms with van der Waals surface area (Å²) in [5.74, 6) is -0.176. The highest BCUT2D eigenvalue weighted by Crippen LogP contribution is 2.29. The summed E-state index contributed by atoms with van der Waals surface area (Å²) in [7, 11) is 1.71. The molecule has 7 heteroatoms. The van der Waals surface area contributed by atoms with Gasteiger partial charge in [-0.2, -0.15) is 0 Å². The zero-order valence-corrected chi connectivity index (χ0v) is 14.9. The minimum atomic E-state index is -0.148. The van der Waals surface area contributed by atoms with Gasteiger partial charge in [-0.15, -0.1) is 0 Å². The number of carbonyl (C=O) groups excluding carboxylic acids is 2. The average molecular weight is 346 g/mol. The SMILES string of the molecule is COCCN1CCN(CC(=O)N2CC(=O)Nc3ccccc32)CC1C. The first-order valence-electron chi connectivity index (χ1n) is 8.73. The van der Waals surface area contributed by atoms with E-state index in [1.54, 1.807) is 12.0 Å². The number of methoxy groups -OCH3 is 1. The smallest absolute Gasteiger partial charge is 0.244 e. The van der Waals surface area contributed by atoms with Gasteiger partial charge >= 0.3 is 0 Å². The number of hydrogen-bond donors (Lipinski definition) is 1. The summed E-state index contributed by atoms with van der Waals surface area (Å²) in [5, 5.41) is 2.82. The second-order valence-electron chi connectivity index (χ2n) is 6.66. The van der Waals surface area contributed by atoms with E-state index in [0.29, 0.717) is 18.3 Å². The van der Waals surface area contributed by atoms with E-state index in [2.05, 4.69) is 22.0 Å². The molecule has 136 valence electrons. The number of piperazine rings is 1. The summed E-state index contributed by atoms with van der Waals surface area (Å²) >= 11 is 0. The largest absolute Gasteiger partial charge is 0.383 e. The van der Waals surface area contributed by atoms with Crippen LogP contribution in [0.2, 0.25) is 0 Å². The van der Waals surface area contributed by atoms with Crippen LogP contribution in [-0.4, -0.2) is 80.6 Å². The summed E-state index contributed by atoms with van der Waals surface area (Å²) in [6.07, 6.45) is 0. The molecular weight excluding hydrogens is 320 g/mol. The number of ether oxygens (including phenoxy) is 1. The molecule has 0 aromatic heterocycles. The van der Waals surface area contributed by atoms with Crippen LogP contribution in [-0.2, 0) is 14.3 Å². The van der Waals surface area contributed by atoms with Crippen LogP contribution in [0.15, 0.2) is 24.3 Å². The quantitative estimate of drug-likeness (QED) is 0.847. The lowest BCUT2D eigenvalue weighted by molar-refractivity contribution is -0.123. The highest BCUT2D eigenvalue weighted by atomic mass is 16.5. The molecule has 0 saturated carbocycles. The van der Waals surface area contributed by atoms with E-state index in [1.165, 1.54) is 0 Å². The highest BCUT2D eigenvalue weighted by molar-refractivity contribution is 6.10. The van der Waals surface area contributed by atoms with Crippen molar-refractivity contribution < 1.29 is 14.3 Å². The van der Waals surface area contributed by atoms with Crippen LogP contribution in [0.4, 0.5) is 11.4 Å². The van der Waals surface area contributed by atoms with Gasteiger partial charge in [-0.05, 0) is 19.1 Å². The number of benzene rings is 1. The van der Waals surface area contributed by atoms with Gasteiger partial charge in [-0.25, -0.2) is 0 Å². The van der Waals surface area contributed by atoms with Gasteiger partial charge in [0.1, 0.15) is 6.54 Å². The predicted molar refractivity (Wildman–Crippen MR) is 96.8 cm³/mol. The summed E-state index contributed by atoms with van der Waals surface area (Å²) in [4.78, 5) is 30.8. The molecule has 7 nitrogen and oxygen atoms in total. The number of anilines is 2. The van der Waals surface area contributed by atoms with Gasteiger partial charge in [0, 0.05) is 39.3 Å². The molecule has 0 spiro atoms. The molecule has 1 atom stereocenters. The van der Waals surface area contributed by atoms with Crippen LogP contribution < -0.4 is 10.2 Å². The van der Waals surface area contributed by atoms with Crippen molar-refractivity contribution in [1.82, 2.24) is 9.80 Å². The molecule has 1 aromatic rings. The fourth-order valence-electron chi connectivity index (χ4n) is 3.49. The van der Waals surface area contributed by atoms with Crippen molar-refractivity contribution in [2.45, 2.75) is 13.0 Å². The molecule has 2 aliphatic rings. The number of para-hydroxylation sites is 2. The topological polar surface area (TPSA) is 65.1 Å². The van der Waals surface area contributed by atoms with Crippen LogP contribution in [0, 0.1) is 0 Å². The van der Waals surface area contributed by atoms with Crippen LogP contribution in [0.1, 0.15) is 6.92 Å². The van der Waals surface area contributed by atoms with Gasteiger partial charge in [-0.3, -0.25) is 24.3 Å². The van der Waals surface area contributed by atoms with Crippen molar-refractivity contribution >= 4 is 23.2 Å². The Hall–Kier alpha value is -1.96. The van der Waals surface area contributed by atoms with E-state index in [4.69, 9.17) is 4.74 Å². The van der Waals surface area contributed by atoms with E-state index in [0.717, 1.165) is 38.5 Å². The zero-order chi connectivity index (χ0) is 17.8. The van der Waals surface area contributed by atoms with Gasteiger partial charge in [0.15, 0.2) is 0 Å². The van der Waals surface area contributed by atoms with Crippen molar-refractivity contribution in [2.75, 3.05) is 63.2 Å². The molecule has 2 aliphatic heterocycles. The molecule has 1 fully saturated rings. The maximum Gasteiger partial charge on any atom is 0.244 e. The minimum absolute atomic E-state index is 0.0279. The van der Waals surface area contributed by atoms with Gasteiger partial charge in [-0.1, -0.05) is 12.1 Å². The molecule has 1 saturated heterocycles. The molecule has 1 N–H and O–H groups in total. The third-order valence-corrected chi connectivity index (χ3v) is 4.86. The second kappa shape index (κ2) is 7.95. The Labute approximate surface area is 148 Å². The van der Waals surface area contributed by atoms with E-state index in [-0.39, 0.29) is 18.4 Å². The number of hydrogen-bond acceptors (Lipinski definition) is 5. The maximum absolute atomic E-state index is 12.8. The van der Waals surface area contributed by atoms with Gasteiger partial charge < -0.3 is 10.1 Å². The Morgan fingerprint density at radius 3 is 2.88 bits per heavy atom. The van der Waals surface area contributed by atoms with Crippen LogP contribution in [0.25, 0.3) is 0 Å². The fourth-order valence-corrected chi connectivity index (χ4v) is 3.49. The predicted octanol–water partition coefficient (Wildman–Crippen LogP) is 0.624. The lowest BCUT2D eigenvalue weighted by Gasteiger charge is -2.40. The standard InChI is InChI=1S/C18H26N4O3/c1-14-11-20(7-8-21(14)9-10-25-2)13-18(24)22-12-17(23)19-15-5-3-4-6-16(15)22/h3-6,14H,7-13H2,1-2H3,(H,19,23). The Balaban J connectivity index is 1.61. The second-order valence-corrected chi connectivity index (χ2v) is 6.66. The summed E-state index contributed by atoms with van der Waals surface area (Å²) in [6.45, 7) is 6.86. The van der Waals surface area contributed by atoms with Gasteiger partial charge in [0.2, 0.25) is 11.8 Å². The van der Waals surface area contributed by atoms with Crippen LogP contribution in [0.3, 0.4) is 0 Å². The molecule has 0 aliphatic carbocycles. The van der Waals surface area contributed by atoms with Gasteiger partial charge in [0.05, 0.1) is 24.5 Å². The highest BCUT2D eigenvalue weighted by Gasteiger charge is 2.30. The van der Waals surface area contributed by atoms with Crippen LogP contribution >= 0.6 is 0 Å². The number of nitrogens with one attached hydrogen (secondary N) is 1. The molecule has 1 unspecified atom stereocenters. The Morgan fingerprint density at radius 2 is 2.12 bits per heavy atom. The van der Waals surface area contributed by atoms with Crippen molar-refractivity contribution in [3.05, 3.63) is 24.3 Å². The molecule has 25 heavy (non-hydrogen) atoms. The Bertz CT molecular complexity index is 637. The van der Waals surface area contributed by atoms with E-state index >= 15 is 0 Å². The molecule has 2 heterocycles. The lowest BCUT2D eigenvalue weighted by atomic mass is 10.1. The molecule has 0 bridgehead atoms. The van der Waals surface area contributed by atoms with E-state index in [1.807, 2.05) is 24.3 Å². The normalized spacial score (nSPS) is 21.8. The van der Waals surface area contributed by atoms with E-state index < -0.39 is 0 Å². The van der Waals surface area contributed by atoms with Gasteiger partial charge in [0.25, 0.3) is 0 Å². The number of fused-ring (bicyclic) bond motifs is 1. The summed E-state index contributed by atoms with van der Waals surface area (Å²) in [6, 6.07) is 7.82. The number of rotatable bonds is 5.